The van der Waals surface area contributed by atoms with E-state index in [1.54, 1.807) is 0 Å². The molecule has 0 bridgehead atoms. The van der Waals surface area contributed by atoms with Crippen LogP contribution in [0.2, 0.25) is 0 Å². The second-order valence-electron chi connectivity index (χ2n) is 6.79. The second kappa shape index (κ2) is 7.61. The number of likely N-dealkylation sites (N-methyl/N-ethyl adjacent to an activating group) is 1. The summed E-state index contributed by atoms with van der Waals surface area (Å²) in [6.07, 6.45) is 7.95. The summed E-state index contributed by atoms with van der Waals surface area (Å²) in [4.78, 5) is 2.41. The van der Waals surface area contributed by atoms with Gasteiger partial charge in [0.2, 0.25) is 0 Å². The van der Waals surface area contributed by atoms with Crippen molar-refractivity contribution < 1.29 is 4.74 Å². The lowest BCUT2D eigenvalue weighted by Crippen LogP contribution is -2.42. The largest absolute Gasteiger partial charge is 0.380 e. The number of hydrogen-bond acceptors (Lipinski definition) is 3. The van der Waals surface area contributed by atoms with Crippen molar-refractivity contribution in [3.63, 3.8) is 0 Å². The van der Waals surface area contributed by atoms with Crippen molar-refractivity contribution in [2.75, 3.05) is 33.4 Å². The predicted octanol–water partition coefficient (Wildman–Crippen LogP) is 2.50. The van der Waals surface area contributed by atoms with Gasteiger partial charge in [-0.25, -0.2) is 0 Å². The summed E-state index contributed by atoms with van der Waals surface area (Å²) in [5.41, 5.74) is 6.29. The van der Waals surface area contributed by atoms with Crippen LogP contribution in [0, 0.1) is 17.8 Å². The molecule has 2 rings (SSSR count). The first-order valence-corrected chi connectivity index (χ1v) is 8.21. The van der Waals surface area contributed by atoms with E-state index in [2.05, 4.69) is 18.9 Å². The van der Waals surface area contributed by atoms with Gasteiger partial charge in [-0.2, -0.15) is 0 Å². The monoisotopic (exact) mass is 268 g/mol. The molecule has 2 aliphatic carbocycles. The first-order valence-electron chi connectivity index (χ1n) is 8.21. The van der Waals surface area contributed by atoms with E-state index in [4.69, 9.17) is 10.5 Å². The zero-order chi connectivity index (χ0) is 13.7. The summed E-state index contributed by atoms with van der Waals surface area (Å²) in [5, 5.41) is 0. The van der Waals surface area contributed by atoms with Gasteiger partial charge in [-0.3, -0.25) is 0 Å². The van der Waals surface area contributed by atoms with Crippen LogP contribution in [-0.4, -0.2) is 44.3 Å². The maximum Gasteiger partial charge on any atom is 0.0593 e. The molecule has 0 saturated heterocycles. The standard InChI is InChI=1S/C16H32N2O/c1-3-13-6-7-16(17)15(10-13)11-18(2)8-9-19-12-14-4-5-14/h13-16H,3-12,17H2,1-2H3. The summed E-state index contributed by atoms with van der Waals surface area (Å²) in [6, 6.07) is 0.414. The van der Waals surface area contributed by atoms with E-state index in [1.165, 1.54) is 38.5 Å². The molecule has 3 nitrogen and oxygen atoms in total. The predicted molar refractivity (Wildman–Crippen MR) is 80.1 cm³/mol. The van der Waals surface area contributed by atoms with E-state index >= 15 is 0 Å². The van der Waals surface area contributed by atoms with Gasteiger partial charge < -0.3 is 15.4 Å². The van der Waals surface area contributed by atoms with Crippen LogP contribution in [0.15, 0.2) is 0 Å². The van der Waals surface area contributed by atoms with Gasteiger partial charge in [0.25, 0.3) is 0 Å². The van der Waals surface area contributed by atoms with Crippen molar-refractivity contribution in [1.82, 2.24) is 4.90 Å². The molecule has 2 N–H and O–H groups in total. The lowest BCUT2D eigenvalue weighted by molar-refractivity contribution is 0.0912. The highest BCUT2D eigenvalue weighted by atomic mass is 16.5. The Labute approximate surface area is 118 Å². The Hall–Kier alpha value is -0.120. The van der Waals surface area contributed by atoms with E-state index in [0.29, 0.717) is 12.0 Å². The van der Waals surface area contributed by atoms with Gasteiger partial charge in [-0.1, -0.05) is 13.3 Å². The molecular formula is C16H32N2O. The van der Waals surface area contributed by atoms with Gasteiger partial charge in [-0.05, 0) is 56.9 Å². The van der Waals surface area contributed by atoms with Crippen LogP contribution in [-0.2, 0) is 4.74 Å². The molecule has 0 heterocycles. The number of nitrogens with zero attached hydrogens (tertiary/aromatic N) is 1. The molecule has 0 amide bonds. The summed E-state index contributed by atoms with van der Waals surface area (Å²) in [5.74, 6) is 2.47. The first kappa shape index (κ1) is 15.3. The Morgan fingerprint density at radius 1 is 1.16 bits per heavy atom. The molecule has 0 aliphatic heterocycles. The zero-order valence-electron chi connectivity index (χ0n) is 12.8. The lowest BCUT2D eigenvalue weighted by Gasteiger charge is -2.36. The van der Waals surface area contributed by atoms with Gasteiger partial charge in [0, 0.05) is 25.7 Å². The van der Waals surface area contributed by atoms with Crippen molar-refractivity contribution in [2.24, 2.45) is 23.5 Å². The minimum Gasteiger partial charge on any atom is -0.380 e. The first-order chi connectivity index (χ1) is 9.19. The van der Waals surface area contributed by atoms with Gasteiger partial charge in [0.1, 0.15) is 0 Å². The zero-order valence-corrected chi connectivity index (χ0v) is 12.8. The number of rotatable bonds is 8. The average molecular weight is 268 g/mol. The van der Waals surface area contributed by atoms with Crippen molar-refractivity contribution in [3.05, 3.63) is 0 Å². The van der Waals surface area contributed by atoms with Crippen molar-refractivity contribution in [2.45, 2.75) is 51.5 Å². The molecule has 0 spiro atoms. The number of nitrogens with two attached hydrogens (primary N) is 1. The van der Waals surface area contributed by atoms with E-state index in [1.807, 2.05) is 0 Å². The molecule has 2 saturated carbocycles. The Bertz CT molecular complexity index is 255. The van der Waals surface area contributed by atoms with Gasteiger partial charge in [0.05, 0.1) is 6.61 Å². The molecule has 3 atom stereocenters. The Kier molecular flexibility index (Phi) is 6.11. The topological polar surface area (TPSA) is 38.5 Å². The lowest BCUT2D eigenvalue weighted by atomic mass is 9.77. The molecule has 0 aromatic rings. The Balaban J connectivity index is 1.60. The van der Waals surface area contributed by atoms with E-state index in [-0.39, 0.29) is 0 Å². The molecule has 0 aromatic heterocycles. The maximum absolute atomic E-state index is 6.29. The fourth-order valence-corrected chi connectivity index (χ4v) is 3.21. The van der Waals surface area contributed by atoms with Crippen LogP contribution in [0.25, 0.3) is 0 Å². The van der Waals surface area contributed by atoms with E-state index in [0.717, 1.165) is 38.1 Å². The van der Waals surface area contributed by atoms with Gasteiger partial charge in [0.15, 0.2) is 0 Å². The molecule has 3 heteroatoms. The van der Waals surface area contributed by atoms with Crippen LogP contribution in [0.5, 0.6) is 0 Å². The van der Waals surface area contributed by atoms with Gasteiger partial charge >= 0.3 is 0 Å². The Morgan fingerprint density at radius 2 is 1.89 bits per heavy atom. The SMILES string of the molecule is CCC1CCC(N)C(CN(C)CCOCC2CC2)C1. The third-order valence-electron chi connectivity index (χ3n) is 4.94. The van der Waals surface area contributed by atoms with Crippen LogP contribution >= 0.6 is 0 Å². The molecule has 19 heavy (non-hydrogen) atoms. The van der Waals surface area contributed by atoms with Crippen molar-refractivity contribution in [1.29, 1.82) is 0 Å². The molecule has 0 aromatic carbocycles. The van der Waals surface area contributed by atoms with Gasteiger partial charge in [-0.15, -0.1) is 0 Å². The van der Waals surface area contributed by atoms with E-state index < -0.39 is 0 Å². The third-order valence-corrected chi connectivity index (χ3v) is 4.94. The molecule has 112 valence electrons. The van der Waals surface area contributed by atoms with Crippen LogP contribution < -0.4 is 5.73 Å². The molecular weight excluding hydrogens is 236 g/mol. The Morgan fingerprint density at radius 3 is 2.58 bits per heavy atom. The molecule has 2 fully saturated rings. The summed E-state index contributed by atoms with van der Waals surface area (Å²) < 4.78 is 5.71. The summed E-state index contributed by atoms with van der Waals surface area (Å²) in [6.45, 7) is 6.37. The number of hydrogen-bond donors (Lipinski definition) is 1. The highest BCUT2D eigenvalue weighted by Gasteiger charge is 2.28. The molecule has 3 unspecified atom stereocenters. The smallest absolute Gasteiger partial charge is 0.0593 e. The average Bonchev–Trinajstić information content (AvgIpc) is 3.21. The molecule has 2 aliphatic rings. The van der Waals surface area contributed by atoms with Crippen LogP contribution in [0.4, 0.5) is 0 Å². The highest BCUT2D eigenvalue weighted by Crippen LogP contribution is 2.31. The highest BCUT2D eigenvalue weighted by molar-refractivity contribution is 4.83. The fourth-order valence-electron chi connectivity index (χ4n) is 3.21. The van der Waals surface area contributed by atoms with Crippen molar-refractivity contribution >= 4 is 0 Å². The fraction of sp³-hybridized carbons (Fsp3) is 1.00. The number of ether oxygens (including phenoxy) is 1. The summed E-state index contributed by atoms with van der Waals surface area (Å²) >= 11 is 0. The summed E-state index contributed by atoms with van der Waals surface area (Å²) in [7, 11) is 2.21. The minimum absolute atomic E-state index is 0.414. The second-order valence-corrected chi connectivity index (χ2v) is 6.79. The van der Waals surface area contributed by atoms with E-state index in [9.17, 15) is 0 Å². The maximum atomic E-state index is 6.29. The minimum atomic E-state index is 0.414. The van der Waals surface area contributed by atoms with Crippen LogP contribution in [0.1, 0.15) is 45.4 Å². The molecule has 0 radical (unpaired) electrons. The van der Waals surface area contributed by atoms with Crippen LogP contribution in [0.3, 0.4) is 0 Å². The third kappa shape index (κ3) is 5.41. The quantitative estimate of drug-likeness (QED) is 0.687. The normalized spacial score (nSPS) is 31.9. The van der Waals surface area contributed by atoms with Crippen molar-refractivity contribution in [3.8, 4) is 0 Å².